The summed E-state index contributed by atoms with van der Waals surface area (Å²) in [6, 6.07) is 18.8. The molecule has 3 heterocycles. The maximum Gasteiger partial charge on any atom is 0.278 e. The van der Waals surface area contributed by atoms with Crippen molar-refractivity contribution in [2.45, 2.75) is 24.4 Å². The maximum absolute atomic E-state index is 13.6. The Balaban J connectivity index is 0.00000241. The molecular weight excluding hydrogens is 450 g/mol. The molecule has 1 saturated carbocycles. The predicted octanol–water partition coefficient (Wildman–Crippen LogP) is 3.29. The average Bonchev–Trinajstić information content (AvgIpc) is 3.62. The summed E-state index contributed by atoms with van der Waals surface area (Å²) >= 11 is 0. The molecule has 1 aliphatic carbocycles. The standard InChI is InChI=1S/C26H23N3O4.H2S/c30-20-11-15-28-23(24(20)31)25(32)27-17-29(28)22(18-7-2-1-3-8-18)19-9-4-5-10-21(19)33-16-6-12-26(27)13-14-26;/h1-12,15,22,31H,13-14,16-17H2;1H2/b12-6+;/t22-;/m0./s1. The third-order valence-electron chi connectivity index (χ3n) is 6.75. The first-order valence-corrected chi connectivity index (χ1v) is 11.1. The van der Waals surface area contributed by atoms with E-state index in [1.807, 2.05) is 71.8 Å². The summed E-state index contributed by atoms with van der Waals surface area (Å²) < 4.78 is 7.80. The lowest BCUT2D eigenvalue weighted by Gasteiger charge is -2.46. The van der Waals surface area contributed by atoms with E-state index < -0.39 is 16.7 Å². The summed E-state index contributed by atoms with van der Waals surface area (Å²) in [4.78, 5) is 27.7. The Morgan fingerprint density at radius 3 is 2.47 bits per heavy atom. The summed E-state index contributed by atoms with van der Waals surface area (Å²) in [5.41, 5.74) is 0.916. The molecule has 0 saturated heterocycles. The van der Waals surface area contributed by atoms with Gasteiger partial charge in [0.1, 0.15) is 25.1 Å². The van der Waals surface area contributed by atoms with E-state index >= 15 is 0 Å². The molecule has 0 unspecified atom stereocenters. The molecule has 3 aromatic rings. The fraction of sp³-hybridized carbons (Fsp3) is 0.231. The molecule has 6 rings (SSSR count). The number of fused-ring (bicyclic) bond motifs is 6. The van der Waals surface area contributed by atoms with Crippen LogP contribution < -0.4 is 15.2 Å². The molecule has 2 aromatic carbocycles. The van der Waals surface area contributed by atoms with Crippen LogP contribution in [-0.2, 0) is 0 Å². The minimum absolute atomic E-state index is 0. The summed E-state index contributed by atoms with van der Waals surface area (Å²) in [5.74, 6) is -0.120. The number of nitrogens with zero attached hydrogens (tertiary/aromatic N) is 3. The van der Waals surface area contributed by atoms with Gasteiger partial charge in [0.2, 0.25) is 5.43 Å². The van der Waals surface area contributed by atoms with Gasteiger partial charge in [-0.15, -0.1) is 0 Å². The third-order valence-corrected chi connectivity index (χ3v) is 6.75. The highest BCUT2D eigenvalue weighted by molar-refractivity contribution is 7.59. The highest BCUT2D eigenvalue weighted by atomic mass is 32.1. The van der Waals surface area contributed by atoms with Gasteiger partial charge in [0.05, 0.1) is 5.54 Å². The van der Waals surface area contributed by atoms with E-state index in [9.17, 15) is 14.7 Å². The Morgan fingerprint density at radius 1 is 0.971 bits per heavy atom. The van der Waals surface area contributed by atoms with E-state index in [1.54, 1.807) is 15.8 Å². The van der Waals surface area contributed by atoms with Crippen molar-refractivity contribution in [1.82, 2.24) is 9.58 Å². The van der Waals surface area contributed by atoms with E-state index in [0.717, 1.165) is 29.7 Å². The average molecular weight is 476 g/mol. The molecule has 1 aromatic heterocycles. The van der Waals surface area contributed by atoms with E-state index in [4.69, 9.17) is 4.74 Å². The summed E-state index contributed by atoms with van der Waals surface area (Å²) in [7, 11) is 0. The molecule has 1 amide bonds. The number of ether oxygens (including phenoxy) is 1. The molecular formula is C26H25N3O4S. The second kappa shape index (κ2) is 8.29. The SMILES string of the molecule is O=C1c2c(O)c(=O)ccn2N2CN1C1(/C=C/COc3ccccc3[C@@H]2c2ccccc2)CC1.S. The topological polar surface area (TPSA) is 75.0 Å². The van der Waals surface area contributed by atoms with Crippen LogP contribution in [0.25, 0.3) is 0 Å². The van der Waals surface area contributed by atoms with Crippen LogP contribution in [0.15, 0.2) is 83.8 Å². The van der Waals surface area contributed by atoms with Gasteiger partial charge in [-0.3, -0.25) is 19.3 Å². The van der Waals surface area contributed by atoms with Gasteiger partial charge in [0, 0.05) is 17.8 Å². The lowest BCUT2D eigenvalue weighted by Crippen LogP contribution is -2.58. The molecule has 34 heavy (non-hydrogen) atoms. The number of pyridine rings is 1. The van der Waals surface area contributed by atoms with Crippen LogP contribution in [0.5, 0.6) is 11.5 Å². The van der Waals surface area contributed by atoms with Gasteiger partial charge in [-0.2, -0.15) is 13.5 Å². The van der Waals surface area contributed by atoms with Crippen LogP contribution in [0.4, 0.5) is 0 Å². The monoisotopic (exact) mass is 475 g/mol. The lowest BCUT2D eigenvalue weighted by atomic mass is 9.97. The quantitative estimate of drug-likeness (QED) is 0.547. The Kier molecular flexibility index (Phi) is 5.40. The largest absolute Gasteiger partial charge is 0.502 e. The molecule has 2 aliphatic heterocycles. The second-order valence-electron chi connectivity index (χ2n) is 8.70. The number of carbonyl (C=O) groups is 1. The predicted molar refractivity (Wildman–Crippen MR) is 133 cm³/mol. The zero-order chi connectivity index (χ0) is 22.6. The summed E-state index contributed by atoms with van der Waals surface area (Å²) in [6.45, 7) is 0.685. The van der Waals surface area contributed by atoms with Gasteiger partial charge >= 0.3 is 0 Å². The van der Waals surface area contributed by atoms with Crippen LogP contribution in [-0.4, -0.2) is 39.4 Å². The van der Waals surface area contributed by atoms with Gasteiger partial charge in [0.15, 0.2) is 11.4 Å². The highest BCUT2D eigenvalue weighted by Crippen LogP contribution is 2.47. The Hall–Kier alpha value is -3.65. The first kappa shape index (κ1) is 22.2. The first-order chi connectivity index (χ1) is 16.1. The van der Waals surface area contributed by atoms with Crippen molar-refractivity contribution in [2.75, 3.05) is 18.3 Å². The van der Waals surface area contributed by atoms with Crippen molar-refractivity contribution < 1.29 is 14.6 Å². The lowest BCUT2D eigenvalue weighted by molar-refractivity contribution is 0.0606. The van der Waals surface area contributed by atoms with E-state index in [1.165, 1.54) is 6.07 Å². The molecule has 1 N–H and O–H groups in total. The van der Waals surface area contributed by atoms with E-state index in [2.05, 4.69) is 0 Å². The summed E-state index contributed by atoms with van der Waals surface area (Å²) in [6.07, 6.45) is 7.20. The fourth-order valence-electron chi connectivity index (χ4n) is 4.93. The van der Waals surface area contributed by atoms with Crippen LogP contribution in [0.1, 0.15) is 40.5 Å². The maximum atomic E-state index is 13.6. The minimum atomic E-state index is -0.568. The molecule has 1 atom stereocenters. The molecule has 7 nitrogen and oxygen atoms in total. The molecule has 0 radical (unpaired) electrons. The second-order valence-corrected chi connectivity index (χ2v) is 8.70. The van der Waals surface area contributed by atoms with Gasteiger partial charge in [-0.25, -0.2) is 0 Å². The van der Waals surface area contributed by atoms with Gasteiger partial charge in [-0.05, 0) is 30.5 Å². The first-order valence-electron chi connectivity index (χ1n) is 11.1. The zero-order valence-electron chi connectivity index (χ0n) is 18.4. The van der Waals surface area contributed by atoms with Crippen LogP contribution in [0.3, 0.4) is 0 Å². The normalized spacial score (nSPS) is 20.8. The fourth-order valence-corrected chi connectivity index (χ4v) is 4.93. The Bertz CT molecular complexity index is 1330. The number of aromatic hydroxyl groups is 1. The van der Waals surface area contributed by atoms with Crippen molar-refractivity contribution in [1.29, 1.82) is 0 Å². The van der Waals surface area contributed by atoms with E-state index in [0.29, 0.717) is 13.3 Å². The van der Waals surface area contributed by atoms with Crippen molar-refractivity contribution in [3.63, 3.8) is 0 Å². The Labute approximate surface area is 203 Å². The van der Waals surface area contributed by atoms with Crippen molar-refractivity contribution >= 4 is 19.4 Å². The van der Waals surface area contributed by atoms with Crippen molar-refractivity contribution in [2.24, 2.45) is 0 Å². The molecule has 1 spiro atoms. The zero-order valence-corrected chi connectivity index (χ0v) is 19.4. The molecule has 2 bridgehead atoms. The number of amides is 1. The van der Waals surface area contributed by atoms with Crippen molar-refractivity contribution in [3.8, 4) is 11.5 Å². The number of benzene rings is 2. The molecule has 3 aliphatic rings. The molecule has 174 valence electrons. The van der Waals surface area contributed by atoms with Crippen LogP contribution >= 0.6 is 13.5 Å². The third kappa shape index (κ3) is 3.37. The number of hydrogen-bond donors (Lipinski definition) is 1. The number of aromatic nitrogens is 1. The summed E-state index contributed by atoms with van der Waals surface area (Å²) in [5, 5.41) is 12.7. The van der Waals surface area contributed by atoms with Crippen LogP contribution in [0, 0.1) is 0 Å². The van der Waals surface area contributed by atoms with E-state index in [-0.39, 0.29) is 31.1 Å². The minimum Gasteiger partial charge on any atom is -0.502 e. The van der Waals surface area contributed by atoms with Gasteiger partial charge in [0.25, 0.3) is 5.91 Å². The molecule has 1 fully saturated rings. The molecule has 8 heteroatoms. The van der Waals surface area contributed by atoms with Crippen molar-refractivity contribution in [3.05, 3.63) is 106 Å². The number of para-hydroxylation sites is 1. The van der Waals surface area contributed by atoms with Gasteiger partial charge < -0.3 is 14.7 Å². The van der Waals surface area contributed by atoms with Crippen LogP contribution in [0.2, 0.25) is 0 Å². The smallest absolute Gasteiger partial charge is 0.278 e. The highest BCUT2D eigenvalue weighted by Gasteiger charge is 2.52. The number of rotatable bonds is 1. The Morgan fingerprint density at radius 2 is 1.71 bits per heavy atom. The number of hydrogen-bond acceptors (Lipinski definition) is 5. The number of carbonyl (C=O) groups excluding carboxylic acids is 1. The van der Waals surface area contributed by atoms with Gasteiger partial charge in [-0.1, -0.05) is 54.6 Å².